The fraction of sp³-hybridized carbons (Fsp3) is 0.452. The number of benzene rings is 3. The van der Waals surface area contributed by atoms with Crippen LogP contribution in [-0.2, 0) is 0 Å². The summed E-state index contributed by atoms with van der Waals surface area (Å²) in [6.45, 7) is 4.29. The maximum atomic E-state index is 14.1. The molecule has 1 aliphatic carbocycles. The Morgan fingerprint density at radius 3 is 1.90 bits per heavy atom. The average Bonchev–Trinajstić information content (AvgIpc) is 3.09. The third-order valence-corrected chi connectivity index (χ3v) is 9.72. The second kappa shape index (κ2) is 17.3. The Morgan fingerprint density at radius 2 is 1.31 bits per heavy atom. The lowest BCUT2D eigenvalue weighted by molar-refractivity contribution is 0.418. The number of anilines is 2. The third-order valence-electron chi connectivity index (χ3n) is 9.72. The van der Waals surface area contributed by atoms with Crippen molar-refractivity contribution in [1.29, 1.82) is 0 Å². The number of unbranched alkanes of at least 4 members (excludes halogenated alkanes) is 14. The number of methoxy groups -OCH3 is 1. The van der Waals surface area contributed by atoms with E-state index in [1.807, 2.05) is 49.4 Å². The number of nitrogens with zero attached hydrogens (tertiary/aromatic N) is 1. The van der Waals surface area contributed by atoms with Crippen LogP contribution in [0.15, 0.2) is 64.2 Å². The number of hydrogen-bond acceptors (Lipinski definition) is 6. The Morgan fingerprint density at radius 1 is 0.750 bits per heavy atom. The predicted octanol–water partition coefficient (Wildman–Crippen LogP) is 9.98. The van der Waals surface area contributed by atoms with Gasteiger partial charge in [0.25, 0.3) is 5.56 Å². The summed E-state index contributed by atoms with van der Waals surface area (Å²) in [6.07, 6.45) is 19.3. The second-order valence-electron chi connectivity index (χ2n) is 13.4. The van der Waals surface area contributed by atoms with Crippen LogP contribution in [0.25, 0.3) is 27.4 Å². The minimum atomic E-state index is -0.511. The Balaban J connectivity index is 1.35. The van der Waals surface area contributed by atoms with E-state index >= 15 is 0 Å². The van der Waals surface area contributed by atoms with Crippen LogP contribution in [0, 0.1) is 17.4 Å². The van der Waals surface area contributed by atoms with Crippen molar-refractivity contribution in [1.82, 2.24) is 4.98 Å². The minimum Gasteiger partial charge on any atom is -0.511 e. The highest BCUT2D eigenvalue weighted by molar-refractivity contribution is 5.97. The smallest absolute Gasteiger partial charge is 0.281 e. The first-order valence-electron chi connectivity index (χ1n) is 18.2. The molecule has 0 saturated heterocycles. The van der Waals surface area contributed by atoms with E-state index in [4.69, 9.17) is 4.74 Å². The van der Waals surface area contributed by atoms with E-state index in [1.54, 1.807) is 12.1 Å². The van der Waals surface area contributed by atoms with Crippen molar-refractivity contribution in [2.75, 3.05) is 12.4 Å². The zero-order chi connectivity index (χ0) is 33.9. The van der Waals surface area contributed by atoms with E-state index in [-0.39, 0.29) is 16.4 Å². The molecular weight excluding hydrogens is 596 g/mol. The van der Waals surface area contributed by atoms with E-state index in [0.717, 1.165) is 30.5 Å². The number of rotatable bonds is 19. The topological polar surface area (TPSA) is 88.5 Å². The van der Waals surface area contributed by atoms with Crippen LogP contribution >= 0.6 is 0 Å². The molecule has 0 unspecified atom stereocenters. The highest BCUT2D eigenvalue weighted by Gasteiger charge is 2.20. The van der Waals surface area contributed by atoms with Gasteiger partial charge in [0.05, 0.1) is 23.4 Å². The quantitative estimate of drug-likeness (QED) is 0.0867. The number of hydrogen-bond donors (Lipinski definition) is 2. The summed E-state index contributed by atoms with van der Waals surface area (Å²) < 4.78 is 5.72. The first-order chi connectivity index (χ1) is 23.4. The third kappa shape index (κ3) is 8.26. The zero-order valence-corrected chi connectivity index (χ0v) is 29.1. The SMILES string of the molecule is CCCCCCCCCCCCCCCCCC(O)=c1c(=O)nc2c(OC)cc(Nc3ccc(C)cc3)c3c2=c1c1ccccc1c3=O. The first-order valence-corrected chi connectivity index (χ1v) is 18.2. The molecular formula is C42H52N2O4. The number of aliphatic hydroxyl groups excluding tert-OH is 1. The van der Waals surface area contributed by atoms with Crippen LogP contribution in [0.4, 0.5) is 11.4 Å². The van der Waals surface area contributed by atoms with Crippen LogP contribution in [0.3, 0.4) is 0 Å². The fourth-order valence-electron chi connectivity index (χ4n) is 7.03. The molecule has 0 atom stereocenters. The molecule has 6 heteroatoms. The molecule has 254 valence electrons. The Hall–Kier alpha value is -4.19. The molecule has 0 amide bonds. The molecule has 0 bridgehead atoms. The average molecular weight is 649 g/mol. The molecule has 0 radical (unpaired) electrons. The Bertz CT molecular complexity index is 2020. The Labute approximate surface area is 284 Å². The maximum Gasteiger partial charge on any atom is 0.281 e. The lowest BCUT2D eigenvalue weighted by Crippen LogP contribution is -2.33. The van der Waals surface area contributed by atoms with Gasteiger partial charge in [-0.3, -0.25) is 9.59 Å². The summed E-state index contributed by atoms with van der Waals surface area (Å²) >= 11 is 0. The molecule has 2 aliphatic rings. The molecule has 0 fully saturated rings. The molecule has 3 aromatic carbocycles. The van der Waals surface area contributed by atoms with Gasteiger partial charge < -0.3 is 15.2 Å². The molecule has 5 rings (SSSR count). The minimum absolute atomic E-state index is 0.0325. The largest absolute Gasteiger partial charge is 0.511 e. The summed E-state index contributed by atoms with van der Waals surface area (Å²) in [6, 6.07) is 17.0. The van der Waals surface area contributed by atoms with Gasteiger partial charge >= 0.3 is 0 Å². The maximum absolute atomic E-state index is 14.1. The van der Waals surface area contributed by atoms with Gasteiger partial charge in [0.2, 0.25) is 0 Å². The highest BCUT2D eigenvalue weighted by Crippen LogP contribution is 2.33. The van der Waals surface area contributed by atoms with E-state index in [1.165, 1.54) is 84.2 Å². The summed E-state index contributed by atoms with van der Waals surface area (Å²) in [7, 11) is 1.53. The second-order valence-corrected chi connectivity index (χ2v) is 13.4. The molecule has 48 heavy (non-hydrogen) atoms. The van der Waals surface area contributed by atoms with Crippen molar-refractivity contribution in [2.24, 2.45) is 0 Å². The van der Waals surface area contributed by atoms with Crippen LogP contribution in [0.2, 0.25) is 0 Å². The molecule has 0 saturated carbocycles. The van der Waals surface area contributed by atoms with Gasteiger partial charge in [-0.15, -0.1) is 0 Å². The van der Waals surface area contributed by atoms with Crippen molar-refractivity contribution in [3.05, 3.63) is 96.4 Å². The van der Waals surface area contributed by atoms with Crippen molar-refractivity contribution >= 4 is 38.8 Å². The van der Waals surface area contributed by atoms with E-state index < -0.39 is 5.56 Å². The standard InChI is InChI=1S/C42H52N2O4/c1-4-5-6-7-8-9-10-11-12-13-14-15-16-17-18-23-34(45)38-36-31-21-19-20-22-32(31)41(46)37-33(43-30-26-24-29(2)25-27-30)28-35(48-3)40(39(36)37)44-42(38)47/h19-22,24-28,43,45H,4-18,23H2,1-3H3. The molecule has 0 aromatic heterocycles. The van der Waals surface area contributed by atoms with Gasteiger partial charge in [-0.05, 0) is 30.9 Å². The highest BCUT2D eigenvalue weighted by atomic mass is 16.5. The number of fused-ring (bicyclic) bond motifs is 2. The zero-order valence-electron chi connectivity index (χ0n) is 29.1. The number of aromatic nitrogens is 1. The molecule has 2 N–H and O–H groups in total. The van der Waals surface area contributed by atoms with Crippen molar-refractivity contribution in [3.8, 4) is 5.75 Å². The number of aliphatic hydroxyl groups is 1. The number of ether oxygens (including phenoxy) is 1. The van der Waals surface area contributed by atoms with Crippen LogP contribution in [0.1, 0.15) is 115 Å². The predicted molar refractivity (Wildman–Crippen MR) is 200 cm³/mol. The van der Waals surface area contributed by atoms with Gasteiger partial charge in [0, 0.05) is 34.0 Å². The van der Waals surface area contributed by atoms with E-state index in [2.05, 4.69) is 17.2 Å². The normalized spacial score (nSPS) is 12.3. The molecule has 6 nitrogen and oxygen atoms in total. The van der Waals surface area contributed by atoms with Crippen LogP contribution in [0.5, 0.6) is 5.75 Å². The number of aryl methyl sites for hydroxylation is 1. The first kappa shape index (κ1) is 35.1. The summed E-state index contributed by atoms with van der Waals surface area (Å²) in [5.74, 6) is 0.424. The number of nitrogens with one attached hydrogen (secondary N) is 1. The van der Waals surface area contributed by atoms with Gasteiger partial charge in [0.15, 0.2) is 5.43 Å². The van der Waals surface area contributed by atoms with Gasteiger partial charge in [-0.2, -0.15) is 0 Å². The van der Waals surface area contributed by atoms with Gasteiger partial charge in [-0.1, -0.05) is 139 Å². The summed E-state index contributed by atoms with van der Waals surface area (Å²) in [4.78, 5) is 32.2. The van der Waals surface area contributed by atoms with Crippen molar-refractivity contribution < 1.29 is 9.84 Å². The van der Waals surface area contributed by atoms with Gasteiger partial charge in [-0.25, -0.2) is 4.98 Å². The molecule has 3 aromatic rings. The fourth-order valence-corrected chi connectivity index (χ4v) is 7.03. The summed E-state index contributed by atoms with van der Waals surface area (Å²) in [5.41, 5.74) is 2.17. The lowest BCUT2D eigenvalue weighted by atomic mass is 9.96. The lowest BCUT2D eigenvalue weighted by Gasteiger charge is -2.15. The van der Waals surface area contributed by atoms with Crippen LogP contribution < -0.4 is 26.3 Å². The van der Waals surface area contributed by atoms with E-state index in [9.17, 15) is 14.7 Å². The van der Waals surface area contributed by atoms with Crippen molar-refractivity contribution in [2.45, 2.75) is 117 Å². The molecule has 1 aliphatic heterocycles. The molecule has 0 spiro atoms. The van der Waals surface area contributed by atoms with Gasteiger partial charge in [0.1, 0.15) is 17.0 Å². The Kier molecular flexibility index (Phi) is 12.6. The van der Waals surface area contributed by atoms with Crippen molar-refractivity contribution in [3.63, 3.8) is 0 Å². The van der Waals surface area contributed by atoms with Crippen LogP contribution in [-0.4, -0.2) is 17.2 Å². The van der Waals surface area contributed by atoms with E-state index in [0.29, 0.717) is 50.0 Å². The summed E-state index contributed by atoms with van der Waals surface area (Å²) in [5, 5.41) is 17.7. The molecule has 1 heterocycles. The monoisotopic (exact) mass is 648 g/mol.